The number of rotatable bonds is 6. The molecule has 2 aliphatic rings. The second-order valence-electron chi connectivity index (χ2n) is 5.26. The van der Waals surface area contributed by atoms with Gasteiger partial charge in [-0.3, -0.25) is 9.59 Å². The number of nitrogens with two attached hydrogens (primary N) is 1. The molecule has 2 aliphatic heterocycles. The molecule has 4 N–H and O–H groups in total. The molecular formula is C13H18N2O5S. The molecular weight excluding hydrogens is 296 g/mol. The second-order valence-corrected chi connectivity index (χ2v) is 6.73. The van der Waals surface area contributed by atoms with Crippen LogP contribution in [-0.4, -0.2) is 50.3 Å². The minimum atomic E-state index is -1.15. The van der Waals surface area contributed by atoms with Crippen molar-refractivity contribution >= 4 is 29.6 Å². The van der Waals surface area contributed by atoms with Crippen LogP contribution in [0.5, 0.6) is 0 Å². The van der Waals surface area contributed by atoms with Crippen LogP contribution in [0.3, 0.4) is 0 Å². The summed E-state index contributed by atoms with van der Waals surface area (Å²) in [5.41, 5.74) is 5.54. The van der Waals surface area contributed by atoms with E-state index in [1.54, 1.807) is 6.92 Å². The smallest absolute Gasteiger partial charge is 0.353 e. The predicted octanol–water partition coefficient (Wildman–Crippen LogP) is 0.457. The molecule has 0 aliphatic carbocycles. The van der Waals surface area contributed by atoms with Crippen molar-refractivity contribution < 1.29 is 24.6 Å². The van der Waals surface area contributed by atoms with Crippen molar-refractivity contribution in [3.05, 3.63) is 10.6 Å². The van der Waals surface area contributed by atoms with Crippen LogP contribution in [0.4, 0.5) is 0 Å². The van der Waals surface area contributed by atoms with Gasteiger partial charge in [-0.15, -0.1) is 11.8 Å². The van der Waals surface area contributed by atoms with Crippen LogP contribution < -0.4 is 5.73 Å². The van der Waals surface area contributed by atoms with Gasteiger partial charge in [-0.2, -0.15) is 0 Å². The maximum absolute atomic E-state index is 12.0. The minimum absolute atomic E-state index is 0.0101. The van der Waals surface area contributed by atoms with Crippen LogP contribution >= 0.6 is 11.8 Å². The summed E-state index contributed by atoms with van der Waals surface area (Å²) in [5.74, 6) is -2.58. The van der Waals surface area contributed by atoms with Crippen LogP contribution in [-0.2, 0) is 14.4 Å². The largest absolute Gasteiger partial charge is 0.480 e. The zero-order valence-corrected chi connectivity index (χ0v) is 12.6. The lowest BCUT2D eigenvalue weighted by molar-refractivity contribution is -0.155. The van der Waals surface area contributed by atoms with Crippen LogP contribution in [0, 0.1) is 5.92 Å². The lowest BCUT2D eigenvalue weighted by atomic mass is 9.85. The number of thioether (sulfide) groups is 1. The van der Waals surface area contributed by atoms with E-state index in [-0.39, 0.29) is 23.6 Å². The molecule has 2 heterocycles. The highest BCUT2D eigenvalue weighted by Gasteiger charge is 2.54. The number of β-lactam (4-membered cyclic amide) rings is 1. The summed E-state index contributed by atoms with van der Waals surface area (Å²) >= 11 is 1.14. The summed E-state index contributed by atoms with van der Waals surface area (Å²) in [6.07, 6.45) is 1.14. The minimum Gasteiger partial charge on any atom is -0.480 e. The topological polar surface area (TPSA) is 121 Å². The molecule has 7 nitrogen and oxygen atoms in total. The number of carbonyl (C=O) groups is 3. The molecule has 0 aromatic rings. The molecule has 116 valence electrons. The molecule has 0 spiro atoms. The van der Waals surface area contributed by atoms with Crippen molar-refractivity contribution in [3.8, 4) is 0 Å². The van der Waals surface area contributed by atoms with Gasteiger partial charge in [-0.05, 0) is 6.42 Å². The number of carbonyl (C=O) groups excluding carboxylic acids is 1. The Labute approximate surface area is 126 Å². The van der Waals surface area contributed by atoms with Gasteiger partial charge in [0.15, 0.2) is 0 Å². The summed E-state index contributed by atoms with van der Waals surface area (Å²) in [6, 6.07) is -1.19. The zero-order chi connectivity index (χ0) is 15.9. The fourth-order valence-electron chi connectivity index (χ4n) is 2.81. The van der Waals surface area contributed by atoms with Crippen molar-refractivity contribution in [2.45, 2.75) is 44.0 Å². The van der Waals surface area contributed by atoms with Crippen LogP contribution in [0.15, 0.2) is 10.6 Å². The van der Waals surface area contributed by atoms with Gasteiger partial charge in [0.25, 0.3) is 0 Å². The van der Waals surface area contributed by atoms with Crippen molar-refractivity contribution in [1.29, 1.82) is 0 Å². The fraction of sp³-hybridized carbons (Fsp3) is 0.615. The Hall–Kier alpha value is -1.54. The molecule has 0 saturated carbocycles. The third-order valence-electron chi connectivity index (χ3n) is 4.01. The average Bonchev–Trinajstić information content (AvgIpc) is 2.73. The Bertz CT molecular complexity index is 533. The van der Waals surface area contributed by atoms with E-state index in [0.29, 0.717) is 17.7 Å². The Morgan fingerprint density at radius 1 is 1.48 bits per heavy atom. The molecule has 4 atom stereocenters. The molecule has 1 amide bonds. The van der Waals surface area contributed by atoms with Gasteiger partial charge in [0.05, 0.1) is 12.0 Å². The number of carboxylic acid groups (broad SMARTS) is 2. The summed E-state index contributed by atoms with van der Waals surface area (Å²) in [7, 11) is 0. The first-order valence-electron chi connectivity index (χ1n) is 6.74. The number of fused-ring (bicyclic) bond motifs is 1. The zero-order valence-electron chi connectivity index (χ0n) is 11.8. The number of aliphatic carboxylic acids is 2. The molecule has 1 fully saturated rings. The number of carboxylic acids is 2. The first-order valence-corrected chi connectivity index (χ1v) is 7.62. The molecule has 1 saturated heterocycles. The van der Waals surface area contributed by atoms with Gasteiger partial charge in [-0.1, -0.05) is 13.8 Å². The Morgan fingerprint density at radius 2 is 2.10 bits per heavy atom. The monoisotopic (exact) mass is 314 g/mol. The van der Waals surface area contributed by atoms with E-state index in [0.717, 1.165) is 11.8 Å². The van der Waals surface area contributed by atoms with Crippen molar-refractivity contribution in [2.24, 2.45) is 11.7 Å². The van der Waals surface area contributed by atoms with E-state index < -0.39 is 23.2 Å². The highest BCUT2D eigenvalue weighted by molar-refractivity contribution is 8.03. The highest BCUT2D eigenvalue weighted by atomic mass is 32.2. The Kier molecular flexibility index (Phi) is 4.29. The Balaban J connectivity index is 2.20. The summed E-state index contributed by atoms with van der Waals surface area (Å²) in [4.78, 5) is 36.1. The summed E-state index contributed by atoms with van der Waals surface area (Å²) in [5, 5.41) is 17.8. The summed E-state index contributed by atoms with van der Waals surface area (Å²) in [6.45, 7) is 3.54. The molecule has 0 aromatic heterocycles. The average molecular weight is 314 g/mol. The molecule has 1 unspecified atom stereocenters. The number of hydrogen-bond acceptors (Lipinski definition) is 5. The third kappa shape index (κ3) is 2.53. The number of nitrogens with zero attached hydrogens (tertiary/aromatic N) is 1. The van der Waals surface area contributed by atoms with E-state index in [4.69, 9.17) is 10.8 Å². The van der Waals surface area contributed by atoms with Crippen LogP contribution in [0.25, 0.3) is 0 Å². The van der Waals surface area contributed by atoms with Crippen molar-refractivity contribution in [3.63, 3.8) is 0 Å². The maximum atomic E-state index is 12.0. The Morgan fingerprint density at radius 3 is 2.57 bits per heavy atom. The van der Waals surface area contributed by atoms with Gasteiger partial charge in [-0.25, -0.2) is 4.79 Å². The van der Waals surface area contributed by atoms with E-state index in [1.165, 1.54) is 4.90 Å². The first kappa shape index (κ1) is 15.8. The third-order valence-corrected chi connectivity index (χ3v) is 5.32. The van der Waals surface area contributed by atoms with Crippen molar-refractivity contribution in [2.75, 3.05) is 0 Å². The van der Waals surface area contributed by atoms with E-state index >= 15 is 0 Å². The summed E-state index contributed by atoms with van der Waals surface area (Å²) < 4.78 is 0. The lowest BCUT2D eigenvalue weighted by Gasteiger charge is -2.42. The quantitative estimate of drug-likeness (QED) is 0.609. The molecule has 2 rings (SSSR count). The number of hydrogen-bond donors (Lipinski definition) is 3. The molecule has 0 aromatic carbocycles. The van der Waals surface area contributed by atoms with E-state index in [1.807, 2.05) is 6.92 Å². The SMILES string of the molecule is CC[C@H]1C(=O)N2C(C(=O)O)=C(SC(C)[C@@H](N)C(=O)O)C[C@H]12. The normalized spacial score (nSPS) is 27.2. The first-order chi connectivity index (χ1) is 9.79. The van der Waals surface area contributed by atoms with Gasteiger partial charge >= 0.3 is 11.9 Å². The van der Waals surface area contributed by atoms with Gasteiger partial charge in [0.2, 0.25) is 5.91 Å². The maximum Gasteiger partial charge on any atom is 0.353 e. The number of amides is 1. The molecule has 0 radical (unpaired) electrons. The predicted molar refractivity (Wildman–Crippen MR) is 76.4 cm³/mol. The van der Waals surface area contributed by atoms with Gasteiger partial charge in [0.1, 0.15) is 11.7 Å². The van der Waals surface area contributed by atoms with Gasteiger partial charge < -0.3 is 20.8 Å². The standard InChI is InChI=1S/C13H18N2O5S/c1-3-6-7-4-8(21-5(2)9(14)12(17)18)10(13(19)20)15(7)11(6)16/h5-7,9H,3-4,14H2,1-2H3,(H,17,18)(H,19,20)/t5?,6-,7-,9-/m1/s1. The molecule has 21 heavy (non-hydrogen) atoms. The second kappa shape index (κ2) is 5.69. The van der Waals surface area contributed by atoms with E-state index in [2.05, 4.69) is 0 Å². The molecule has 0 bridgehead atoms. The van der Waals surface area contributed by atoms with Gasteiger partial charge in [0, 0.05) is 16.6 Å². The van der Waals surface area contributed by atoms with Crippen LogP contribution in [0.2, 0.25) is 0 Å². The van der Waals surface area contributed by atoms with E-state index in [9.17, 15) is 19.5 Å². The molecule has 8 heteroatoms. The highest BCUT2D eigenvalue weighted by Crippen LogP contribution is 2.47. The fourth-order valence-corrected chi connectivity index (χ4v) is 4.08. The van der Waals surface area contributed by atoms with Crippen LogP contribution in [0.1, 0.15) is 26.7 Å². The van der Waals surface area contributed by atoms with Crippen molar-refractivity contribution in [1.82, 2.24) is 4.90 Å². The lowest BCUT2D eigenvalue weighted by Crippen LogP contribution is -2.58.